The molecule has 2 heterocycles. The molecule has 0 atom stereocenters. The van der Waals surface area contributed by atoms with Crippen LogP contribution in [0.1, 0.15) is 35.8 Å². The first kappa shape index (κ1) is 21.6. The number of benzene rings is 1. The number of imide groups is 1. The first-order valence-electron chi connectivity index (χ1n) is 10.2. The Morgan fingerprint density at radius 2 is 1.97 bits per heavy atom. The summed E-state index contributed by atoms with van der Waals surface area (Å²) < 4.78 is 6.32. The summed E-state index contributed by atoms with van der Waals surface area (Å²) in [6.45, 7) is 3.83. The maximum absolute atomic E-state index is 13.6. The molecule has 0 spiro atoms. The van der Waals surface area contributed by atoms with Crippen molar-refractivity contribution in [3.8, 4) is 5.69 Å². The van der Waals surface area contributed by atoms with Gasteiger partial charge in [0, 0.05) is 4.88 Å². The molecule has 1 aliphatic rings. The summed E-state index contributed by atoms with van der Waals surface area (Å²) in [6.07, 6.45) is 3.30. The molecule has 1 aromatic carbocycles. The first-order chi connectivity index (χ1) is 15.0. The monoisotopic (exact) mass is 457 g/mol. The number of ether oxygens (including phenoxy) is 1. The van der Waals surface area contributed by atoms with Gasteiger partial charge in [0.25, 0.3) is 5.56 Å². The summed E-state index contributed by atoms with van der Waals surface area (Å²) in [5, 5.41) is 3.30. The Morgan fingerprint density at radius 3 is 2.71 bits per heavy atom. The Balaban J connectivity index is 1.75. The fourth-order valence-electron chi connectivity index (χ4n) is 3.65. The number of carbonyl (C=O) groups is 2. The second-order valence-corrected chi connectivity index (χ2v) is 9.34. The van der Waals surface area contributed by atoms with E-state index in [4.69, 9.17) is 9.72 Å². The van der Waals surface area contributed by atoms with E-state index in [2.05, 4.69) is 5.32 Å². The van der Waals surface area contributed by atoms with Gasteiger partial charge in [-0.15, -0.1) is 11.3 Å². The molecule has 31 heavy (non-hydrogen) atoms. The number of hydrogen-bond acceptors (Lipinski definition) is 7. The van der Waals surface area contributed by atoms with Crippen molar-refractivity contribution in [3.05, 3.63) is 50.6 Å². The lowest BCUT2D eigenvalue weighted by Crippen LogP contribution is -2.32. The van der Waals surface area contributed by atoms with E-state index >= 15 is 0 Å². The van der Waals surface area contributed by atoms with E-state index in [9.17, 15) is 14.4 Å². The second kappa shape index (κ2) is 9.23. The zero-order valence-electron chi connectivity index (χ0n) is 17.4. The van der Waals surface area contributed by atoms with Crippen molar-refractivity contribution in [3.63, 3.8) is 0 Å². The number of nitrogens with zero attached hydrogens (tertiary/aromatic N) is 2. The minimum atomic E-state index is -0.779. The Bertz CT molecular complexity index is 1200. The van der Waals surface area contributed by atoms with Crippen LogP contribution in [0.2, 0.25) is 0 Å². The number of thiophene rings is 1. The van der Waals surface area contributed by atoms with Crippen molar-refractivity contribution < 1.29 is 14.3 Å². The standard InChI is InChI=1S/C22H23N3O4S2/c1-3-29-22(28)23-17(26)12-30-21-24-19-18(15-6-4-5-7-16(15)31-19)20(27)25(21)14-10-8-13(2)9-11-14/h8-11H,3-7,12H2,1-2H3,(H,23,26,28). The van der Waals surface area contributed by atoms with Crippen LogP contribution < -0.4 is 10.9 Å². The van der Waals surface area contributed by atoms with Crippen LogP contribution in [-0.4, -0.2) is 33.9 Å². The normalized spacial score (nSPS) is 13.1. The molecule has 162 valence electrons. The summed E-state index contributed by atoms with van der Waals surface area (Å²) in [4.78, 5) is 44.0. The quantitative estimate of drug-likeness (QED) is 0.460. The summed E-state index contributed by atoms with van der Waals surface area (Å²) >= 11 is 2.70. The summed E-state index contributed by atoms with van der Waals surface area (Å²) in [5.74, 6) is -0.563. The van der Waals surface area contributed by atoms with E-state index in [1.165, 1.54) is 4.88 Å². The molecule has 0 saturated carbocycles. The van der Waals surface area contributed by atoms with E-state index in [1.54, 1.807) is 22.8 Å². The van der Waals surface area contributed by atoms with Gasteiger partial charge in [0.15, 0.2) is 5.16 Å². The summed E-state index contributed by atoms with van der Waals surface area (Å²) in [6, 6.07) is 7.64. The molecular weight excluding hydrogens is 434 g/mol. The molecule has 0 bridgehead atoms. The SMILES string of the molecule is CCOC(=O)NC(=O)CSc1nc2sc3c(c2c(=O)n1-c1ccc(C)cc1)CCCC3. The maximum Gasteiger partial charge on any atom is 0.413 e. The van der Waals surface area contributed by atoms with Gasteiger partial charge in [-0.3, -0.25) is 19.5 Å². The maximum atomic E-state index is 13.6. The first-order valence-corrected chi connectivity index (χ1v) is 12.0. The average molecular weight is 458 g/mol. The molecule has 1 N–H and O–H groups in total. The highest BCUT2D eigenvalue weighted by molar-refractivity contribution is 7.99. The lowest BCUT2D eigenvalue weighted by molar-refractivity contribution is -0.117. The van der Waals surface area contributed by atoms with Crippen molar-refractivity contribution >= 4 is 45.3 Å². The Hall–Kier alpha value is -2.65. The third-order valence-electron chi connectivity index (χ3n) is 5.10. The number of nitrogens with one attached hydrogen (secondary N) is 1. The number of fused-ring (bicyclic) bond motifs is 3. The van der Waals surface area contributed by atoms with Crippen molar-refractivity contribution in [1.29, 1.82) is 0 Å². The average Bonchev–Trinajstić information content (AvgIpc) is 3.12. The van der Waals surface area contributed by atoms with Gasteiger partial charge in [-0.25, -0.2) is 9.78 Å². The number of aryl methyl sites for hydroxylation is 3. The Labute approximate surface area is 187 Å². The van der Waals surface area contributed by atoms with E-state index in [0.717, 1.165) is 48.6 Å². The topological polar surface area (TPSA) is 90.3 Å². The van der Waals surface area contributed by atoms with Crippen LogP contribution in [0.25, 0.3) is 15.9 Å². The largest absolute Gasteiger partial charge is 0.450 e. The van der Waals surface area contributed by atoms with Crippen molar-refractivity contribution in [1.82, 2.24) is 14.9 Å². The molecule has 1 aliphatic carbocycles. The molecule has 2 amide bonds. The molecule has 2 aromatic heterocycles. The van der Waals surface area contributed by atoms with Crippen LogP contribution >= 0.6 is 23.1 Å². The number of amides is 2. The zero-order valence-corrected chi connectivity index (χ0v) is 19.0. The van der Waals surface area contributed by atoms with Crippen molar-refractivity contribution in [2.24, 2.45) is 0 Å². The number of hydrogen-bond donors (Lipinski definition) is 1. The number of rotatable bonds is 5. The highest BCUT2D eigenvalue weighted by atomic mass is 32.2. The van der Waals surface area contributed by atoms with Gasteiger partial charge in [-0.1, -0.05) is 29.5 Å². The third-order valence-corrected chi connectivity index (χ3v) is 7.22. The van der Waals surface area contributed by atoms with E-state index in [1.807, 2.05) is 31.2 Å². The van der Waals surface area contributed by atoms with Crippen LogP contribution in [0.3, 0.4) is 0 Å². The van der Waals surface area contributed by atoms with Crippen LogP contribution in [0, 0.1) is 6.92 Å². The molecular formula is C22H23N3O4S2. The second-order valence-electron chi connectivity index (χ2n) is 7.32. The predicted molar refractivity (Wildman–Crippen MR) is 122 cm³/mol. The number of thioether (sulfide) groups is 1. The fourth-order valence-corrected chi connectivity index (χ4v) is 5.77. The van der Waals surface area contributed by atoms with Crippen molar-refractivity contribution in [2.75, 3.05) is 12.4 Å². The molecule has 0 unspecified atom stereocenters. The lowest BCUT2D eigenvalue weighted by Gasteiger charge is -2.14. The van der Waals surface area contributed by atoms with Crippen LogP contribution in [0.15, 0.2) is 34.2 Å². The smallest absolute Gasteiger partial charge is 0.413 e. The van der Waals surface area contributed by atoms with Gasteiger partial charge in [0.1, 0.15) is 4.83 Å². The van der Waals surface area contributed by atoms with Gasteiger partial charge in [-0.05, 0) is 57.2 Å². The molecule has 0 radical (unpaired) electrons. The van der Waals surface area contributed by atoms with Gasteiger partial charge in [-0.2, -0.15) is 0 Å². The van der Waals surface area contributed by atoms with Crippen LogP contribution in [0.4, 0.5) is 4.79 Å². The highest BCUT2D eigenvalue weighted by Crippen LogP contribution is 2.35. The molecule has 0 fully saturated rings. The van der Waals surface area contributed by atoms with Crippen LogP contribution in [0.5, 0.6) is 0 Å². The van der Waals surface area contributed by atoms with E-state index < -0.39 is 12.0 Å². The molecule has 9 heteroatoms. The summed E-state index contributed by atoms with van der Waals surface area (Å²) in [5.41, 5.74) is 2.80. The fraction of sp³-hybridized carbons (Fsp3) is 0.364. The summed E-state index contributed by atoms with van der Waals surface area (Å²) in [7, 11) is 0. The predicted octanol–water partition coefficient (Wildman–Crippen LogP) is 4.00. The molecule has 4 rings (SSSR count). The molecule has 0 aliphatic heterocycles. The lowest BCUT2D eigenvalue weighted by atomic mass is 9.97. The Kier molecular flexibility index (Phi) is 6.43. The number of alkyl carbamates (subject to hydrolysis) is 1. The van der Waals surface area contributed by atoms with Crippen molar-refractivity contribution in [2.45, 2.75) is 44.7 Å². The van der Waals surface area contributed by atoms with Gasteiger partial charge in [0.05, 0.1) is 23.4 Å². The minimum absolute atomic E-state index is 0.0618. The van der Waals surface area contributed by atoms with Crippen LogP contribution in [-0.2, 0) is 22.4 Å². The van der Waals surface area contributed by atoms with Gasteiger partial charge >= 0.3 is 6.09 Å². The number of aromatic nitrogens is 2. The molecule has 3 aromatic rings. The molecule has 7 nitrogen and oxygen atoms in total. The minimum Gasteiger partial charge on any atom is -0.450 e. The van der Waals surface area contributed by atoms with Gasteiger partial charge < -0.3 is 4.74 Å². The molecule has 0 saturated heterocycles. The van der Waals surface area contributed by atoms with E-state index in [0.29, 0.717) is 21.1 Å². The van der Waals surface area contributed by atoms with E-state index in [-0.39, 0.29) is 17.9 Å². The highest BCUT2D eigenvalue weighted by Gasteiger charge is 2.23. The Morgan fingerprint density at radius 1 is 1.23 bits per heavy atom. The third kappa shape index (κ3) is 4.52. The zero-order chi connectivity index (χ0) is 22.0. The van der Waals surface area contributed by atoms with Gasteiger partial charge in [0.2, 0.25) is 5.91 Å². The number of carbonyl (C=O) groups excluding carboxylic acids is 2.